The Kier molecular flexibility index (Phi) is 40.3. The number of hydrogen-bond donors (Lipinski definition) is 16. The maximum atomic E-state index is 15.8. The fraction of sp³-hybridized carbons (Fsp3) is 0.532. The minimum atomic E-state index is -1.93. The van der Waals surface area contributed by atoms with Gasteiger partial charge < -0.3 is 114 Å². The number of fused-ring (bicyclic) bond motifs is 4. The number of aromatic nitrogens is 2. The van der Waals surface area contributed by atoms with Crippen molar-refractivity contribution in [1.82, 2.24) is 77.0 Å². The molecule has 18 N–H and O–H groups in total. The third-order valence-electron chi connectivity index (χ3n) is 25.1. The van der Waals surface area contributed by atoms with Crippen LogP contribution in [0.3, 0.4) is 0 Å². The van der Waals surface area contributed by atoms with Crippen molar-refractivity contribution in [2.75, 3.05) is 59.4 Å². The number of aliphatic imine (C=N–C) groups is 1. The summed E-state index contributed by atoms with van der Waals surface area (Å²) in [6.07, 6.45) is -0.977. The van der Waals surface area contributed by atoms with E-state index in [9.17, 15) is 73.2 Å². The van der Waals surface area contributed by atoms with E-state index in [2.05, 4.69) is 57.5 Å². The van der Waals surface area contributed by atoms with Crippen molar-refractivity contribution in [3.8, 4) is 5.75 Å². The minimum Gasteiger partial charge on any atom is -0.497 e. The number of amides is 14. The number of hydrogen-bond acceptors (Lipinski definition) is 24. The van der Waals surface area contributed by atoms with Gasteiger partial charge in [0.15, 0.2) is 11.6 Å². The number of para-hydroxylation sites is 2. The molecule has 0 unspecified atom stereocenters. The van der Waals surface area contributed by atoms with Gasteiger partial charge in [-0.2, -0.15) is 0 Å². The molecule has 137 heavy (non-hydrogen) atoms. The maximum absolute atomic E-state index is 15.8. The van der Waals surface area contributed by atoms with Crippen LogP contribution in [0.4, 0.5) is 0 Å². The molecule has 3 aromatic carbocycles. The number of carboxylic acid groups (broad SMARTS) is 3. The van der Waals surface area contributed by atoms with Crippen molar-refractivity contribution in [1.29, 1.82) is 0 Å². The number of unbranched alkanes of at least 4 members (excludes halogenated alkanes) is 2. The number of carbonyl (C=O) groups excluding carboxylic acids is 16. The number of primary amides is 1. The van der Waals surface area contributed by atoms with Crippen LogP contribution in [0.1, 0.15) is 166 Å². The molecule has 15 atom stereocenters. The van der Waals surface area contributed by atoms with Gasteiger partial charge in [0.25, 0.3) is 0 Å². The minimum absolute atomic E-state index is 0.00393. The number of benzene rings is 3. The summed E-state index contributed by atoms with van der Waals surface area (Å²) >= 11 is 0.809. The summed E-state index contributed by atoms with van der Waals surface area (Å²) in [5.74, 6) is -22.2. The van der Waals surface area contributed by atoms with Crippen molar-refractivity contribution in [3.05, 3.63) is 114 Å². The highest BCUT2D eigenvalue weighted by molar-refractivity contribution is 8.00. The Balaban J connectivity index is 1.11. The van der Waals surface area contributed by atoms with Gasteiger partial charge in [-0.1, -0.05) is 88.1 Å². The zero-order valence-corrected chi connectivity index (χ0v) is 78.7. The van der Waals surface area contributed by atoms with E-state index in [0.29, 0.717) is 75.5 Å². The summed E-state index contributed by atoms with van der Waals surface area (Å²) in [5, 5.41) is 64.9. The third kappa shape index (κ3) is 30.0. The van der Waals surface area contributed by atoms with Crippen molar-refractivity contribution in [2.45, 2.75) is 253 Å². The molecule has 0 aliphatic carbocycles. The molecule has 742 valence electrons. The Morgan fingerprint density at radius 2 is 1.09 bits per heavy atom. The first-order valence-electron chi connectivity index (χ1n) is 46.0. The van der Waals surface area contributed by atoms with Crippen LogP contribution in [0, 0.1) is 5.92 Å². The standard InChI is InChI=1S/C94H126N18O24S/c1-8-10-23-72-87(128)101-64(22-16-35-95)85(126)107-71(76(114)31-32-78(96)116)50-137-51-79(117)100-68(38-53-26-28-59(136-7)29-27-53)90(131)108(4)52(3)83(124)105-70(45-82(122)123)93(134)111-37-17-25-73(111)88(129)104-67(39-54-34-36-97-46-54)86(127)102-65(30-33-80(118)119)92(133)112-49-58(113)44-75(112)89(130)103-66(40-56-47-98-62-20-14-12-18-60(56)62)77(115)42-55(43-81(120)121)84(125)106-69(41-57-48-99-63-21-15-13-19-61(57)63)91(132)110(6)74(24-11-9-2)94(135)109(72)5/h12-15,18-21,26-29,36,46-48,52,55,58,64-75,98-99,113H,8-11,16-17,22-25,30-35,37-45,49-51,95H2,1-7H3,(H2,96,116)(H,100,117)(H,101,128)(H,102,127)(H,103,130)(H,104,129)(H,105,124)(H,106,125)(H,107,126)(H,118,119)(H,120,121)(H,122,123)/t52-,55-,58+,64-,65-,66-,67-,68-,69-,70-,71-,72-,73-,74-,75-/m0/s1. The SMILES string of the molecule is CCCC[C@H]1C(=O)N(C)[C@@H](CCCC)C(=O)N[C@@H](CCCN)C(=O)N[C@H](C(=O)CCC(N)=O)CSCC(=O)N[C@@H](Cc2ccc(OC)cc2)C(=O)N(C)[C@@H](C)C(=O)N[C@@H](CC(=O)O)C(=O)N2CCC[C@H]2C(=O)N[C@@H](CC2=CN=CC2)C(=O)N[C@@H](CCC(=O)O)C(=O)N2C[C@H](O)C[C@H]2C(=O)N[C@@H](Cc2c[nH]c3ccccc23)C(=O)C[C@@H](CC(=O)O)C(=O)N[C@@H](Cc2c[nH]c3ccccc23)C(=O)N1C. The lowest BCUT2D eigenvalue weighted by Gasteiger charge is -2.36. The molecule has 43 heteroatoms. The number of carbonyl (C=O) groups is 19. The number of nitrogens with one attached hydrogen (secondary N) is 10. The Bertz CT molecular complexity index is 5290. The van der Waals surface area contributed by atoms with E-state index in [0.717, 1.165) is 36.3 Å². The Hall–Kier alpha value is -13.5. The molecular weight excluding hydrogens is 1800 g/mol. The fourth-order valence-corrected chi connectivity index (χ4v) is 18.2. The molecule has 3 saturated heterocycles. The van der Waals surface area contributed by atoms with Gasteiger partial charge >= 0.3 is 17.9 Å². The van der Waals surface area contributed by atoms with E-state index >= 15 is 38.4 Å². The number of methoxy groups -OCH3 is 1. The van der Waals surface area contributed by atoms with E-state index in [1.54, 1.807) is 85.2 Å². The second-order valence-corrected chi connectivity index (χ2v) is 36.1. The number of nitrogens with two attached hydrogens (primary N) is 2. The predicted molar refractivity (Wildman–Crippen MR) is 501 cm³/mol. The number of rotatable bonds is 29. The van der Waals surface area contributed by atoms with Gasteiger partial charge in [0, 0.05) is 144 Å². The summed E-state index contributed by atoms with van der Waals surface area (Å²) in [5.41, 5.74) is 14.5. The number of H-pyrrole nitrogens is 2. The van der Waals surface area contributed by atoms with Gasteiger partial charge in [-0.25, -0.2) is 0 Å². The number of aliphatic carboxylic acids is 3. The molecule has 6 heterocycles. The van der Waals surface area contributed by atoms with Crippen LogP contribution in [0.5, 0.6) is 5.75 Å². The van der Waals surface area contributed by atoms with Crippen LogP contribution >= 0.6 is 11.8 Å². The van der Waals surface area contributed by atoms with Gasteiger partial charge in [0.05, 0.1) is 49.8 Å². The lowest BCUT2D eigenvalue weighted by Crippen LogP contribution is -2.60. The number of likely N-dealkylation sites (N-methyl/N-ethyl adjacent to an activating group) is 3. The van der Waals surface area contributed by atoms with Gasteiger partial charge in [-0.3, -0.25) is 96.1 Å². The van der Waals surface area contributed by atoms with Crippen LogP contribution in [0.2, 0.25) is 0 Å². The molecular formula is C94H126N18O24S. The molecule has 4 aliphatic heterocycles. The first-order chi connectivity index (χ1) is 65.3. The maximum Gasteiger partial charge on any atom is 0.305 e. The largest absolute Gasteiger partial charge is 0.497 e. The second kappa shape index (κ2) is 51.5. The van der Waals surface area contributed by atoms with Gasteiger partial charge in [-0.15, -0.1) is 11.8 Å². The van der Waals surface area contributed by atoms with Gasteiger partial charge in [-0.05, 0) is 111 Å². The normalized spacial score (nSPS) is 25.0. The summed E-state index contributed by atoms with van der Waals surface area (Å²) in [7, 11) is 5.29. The highest BCUT2D eigenvalue weighted by Gasteiger charge is 2.47. The van der Waals surface area contributed by atoms with Crippen LogP contribution in [-0.2, 0) is 110 Å². The van der Waals surface area contributed by atoms with Gasteiger partial charge in [0.2, 0.25) is 82.7 Å². The number of nitrogens with zero attached hydrogens (tertiary/aromatic N) is 6. The number of ketones is 2. The van der Waals surface area contributed by atoms with Crippen LogP contribution in [0.15, 0.2) is 102 Å². The summed E-state index contributed by atoms with van der Waals surface area (Å²) in [6, 6.07) is -0.588. The smallest absolute Gasteiger partial charge is 0.305 e. The second-order valence-electron chi connectivity index (χ2n) is 35.1. The number of aliphatic hydroxyl groups excluding tert-OH is 1. The molecule has 5 aromatic rings. The quantitative estimate of drug-likeness (QED) is 0.0316. The third-order valence-corrected chi connectivity index (χ3v) is 26.2. The number of ether oxygens (including phenoxy) is 1. The Labute approximate surface area is 795 Å². The first-order valence-corrected chi connectivity index (χ1v) is 47.2. The number of thioether (sulfide) groups is 1. The van der Waals surface area contributed by atoms with Crippen LogP contribution in [-0.4, -0.2) is 317 Å². The van der Waals surface area contributed by atoms with Crippen molar-refractivity contribution >= 4 is 152 Å². The Morgan fingerprint density at radius 3 is 1.70 bits per heavy atom. The molecule has 0 bridgehead atoms. The van der Waals surface area contributed by atoms with Crippen molar-refractivity contribution in [2.24, 2.45) is 22.4 Å². The average Bonchev–Trinajstić information content (AvgIpc) is 1.77. The fourth-order valence-electron chi connectivity index (χ4n) is 17.3. The molecule has 4 aliphatic rings. The molecule has 0 spiro atoms. The molecule has 14 amide bonds. The first kappa shape index (κ1) is 107. The van der Waals surface area contributed by atoms with E-state index < -0.39 is 266 Å². The molecule has 42 nitrogen and oxygen atoms in total. The highest BCUT2D eigenvalue weighted by atomic mass is 32.2. The zero-order valence-electron chi connectivity index (χ0n) is 77.9. The molecule has 2 aromatic heterocycles. The summed E-state index contributed by atoms with van der Waals surface area (Å²) < 4.78 is 5.34. The monoisotopic (exact) mass is 1920 g/mol. The zero-order chi connectivity index (χ0) is 100. The summed E-state index contributed by atoms with van der Waals surface area (Å²) in [6.45, 7) is 4.09. The van der Waals surface area contributed by atoms with Crippen molar-refractivity contribution in [3.63, 3.8) is 0 Å². The molecule has 0 radical (unpaired) electrons. The highest BCUT2D eigenvalue weighted by Crippen LogP contribution is 2.30. The molecule has 0 saturated carbocycles. The number of carboxylic acids is 3. The number of aromatic amines is 2. The van der Waals surface area contributed by atoms with E-state index in [1.807, 2.05) is 13.8 Å². The van der Waals surface area contributed by atoms with E-state index in [4.69, 9.17) is 16.2 Å². The topological polar surface area (TPSA) is 623 Å². The lowest BCUT2D eigenvalue weighted by molar-refractivity contribution is -0.150. The predicted octanol–water partition coefficient (Wildman–Crippen LogP) is 0.857. The average molecular weight is 1920 g/mol. The molecule has 9 rings (SSSR count). The van der Waals surface area contributed by atoms with Gasteiger partial charge in [0.1, 0.15) is 72.2 Å². The number of Topliss-reactive ketones (excluding diaryl/α,β-unsaturated/α-hetero) is 2. The van der Waals surface area contributed by atoms with Crippen LogP contribution in [0.25, 0.3) is 21.8 Å². The van der Waals surface area contributed by atoms with Crippen molar-refractivity contribution < 1.29 is 116 Å². The Morgan fingerprint density at radius 1 is 0.533 bits per heavy atom. The van der Waals surface area contributed by atoms with Crippen LogP contribution < -0.4 is 58.7 Å². The summed E-state index contributed by atoms with van der Waals surface area (Å²) in [4.78, 5) is 292. The van der Waals surface area contributed by atoms with E-state index in [1.165, 1.54) is 47.6 Å². The van der Waals surface area contributed by atoms with E-state index in [-0.39, 0.29) is 89.5 Å². The lowest BCUT2D eigenvalue weighted by atomic mass is 9.91. The number of aliphatic hydroxyl groups is 1. The molecule has 3 fully saturated rings.